The molecule has 2 N–H and O–H groups in total. The molecule has 176 valence electrons. The molecule has 0 saturated carbocycles. The lowest BCUT2D eigenvalue weighted by Crippen LogP contribution is -2.34. The number of hydrogen-bond donors (Lipinski definition) is 2. The van der Waals surface area contributed by atoms with Crippen LogP contribution in [0.4, 0.5) is 10.5 Å². The van der Waals surface area contributed by atoms with Gasteiger partial charge in [-0.05, 0) is 38.1 Å². The first kappa shape index (κ1) is 24.5. The third-order valence-corrected chi connectivity index (χ3v) is 6.90. The predicted molar refractivity (Wildman–Crippen MR) is 134 cm³/mol. The Kier molecular flexibility index (Phi) is 6.87. The fraction of sp³-hybridized carbons (Fsp3) is 0.167. The molecule has 0 bridgehead atoms. The van der Waals surface area contributed by atoms with Crippen molar-refractivity contribution in [3.63, 3.8) is 0 Å². The number of hydrogen-bond acceptors (Lipinski definition) is 4. The van der Waals surface area contributed by atoms with Crippen LogP contribution in [-0.4, -0.2) is 22.9 Å². The van der Waals surface area contributed by atoms with Gasteiger partial charge in [-0.15, -0.1) is 11.6 Å². The minimum Gasteiger partial charge on any atom is -0.478 e. The van der Waals surface area contributed by atoms with Crippen molar-refractivity contribution >= 4 is 64.0 Å². The summed E-state index contributed by atoms with van der Waals surface area (Å²) in [6.07, 6.45) is 1.57. The van der Waals surface area contributed by atoms with Crippen LogP contribution >= 0.6 is 46.4 Å². The van der Waals surface area contributed by atoms with Gasteiger partial charge in [-0.1, -0.05) is 53.0 Å². The van der Waals surface area contributed by atoms with Crippen LogP contribution in [0.25, 0.3) is 0 Å². The highest BCUT2D eigenvalue weighted by Crippen LogP contribution is 2.49. The Bertz CT molecular complexity index is 1280. The quantitative estimate of drug-likeness (QED) is 0.412. The number of urea groups is 1. The van der Waals surface area contributed by atoms with Gasteiger partial charge in [0, 0.05) is 28.4 Å². The second kappa shape index (κ2) is 9.55. The number of halogens is 4. The number of carbonyl (C=O) groups is 2. The van der Waals surface area contributed by atoms with Gasteiger partial charge in [-0.3, -0.25) is 10.1 Å². The summed E-state index contributed by atoms with van der Waals surface area (Å²) in [6, 6.07) is 12.3. The van der Waals surface area contributed by atoms with Crippen molar-refractivity contribution in [3.05, 3.63) is 92.3 Å². The predicted octanol–water partition coefficient (Wildman–Crippen LogP) is 6.94. The van der Waals surface area contributed by atoms with E-state index in [1.165, 1.54) is 6.07 Å². The fourth-order valence-electron chi connectivity index (χ4n) is 3.41. The maximum Gasteiger partial charge on any atom is 0.326 e. The third kappa shape index (κ3) is 4.91. The number of carbonyl (C=O) groups excluding carboxylic acids is 2. The summed E-state index contributed by atoms with van der Waals surface area (Å²) in [5.74, 6) is 0.490. The standard InChI is InChI=1S/C24H18Cl4N2O4/c1-24(2)21(28)18-19(27)16(26)11-17(20(18)34-24)33-13-7-5-6-12(10-13)29-23(32)30-22(31)14-8-3-4-9-15(14)25/h3-11,19H,1-2H3,(H2,29,30,31,32). The summed E-state index contributed by atoms with van der Waals surface area (Å²) in [5.41, 5.74) is 0.349. The van der Waals surface area contributed by atoms with E-state index in [9.17, 15) is 9.59 Å². The van der Waals surface area contributed by atoms with Gasteiger partial charge >= 0.3 is 6.03 Å². The summed E-state index contributed by atoms with van der Waals surface area (Å²) in [7, 11) is 0. The summed E-state index contributed by atoms with van der Waals surface area (Å²) in [6.45, 7) is 3.63. The maximum absolute atomic E-state index is 12.3. The molecule has 4 rings (SSSR count). The van der Waals surface area contributed by atoms with Gasteiger partial charge in [0.05, 0.1) is 21.0 Å². The molecule has 1 unspecified atom stereocenters. The van der Waals surface area contributed by atoms with Crippen molar-refractivity contribution < 1.29 is 19.1 Å². The van der Waals surface area contributed by atoms with E-state index < -0.39 is 22.9 Å². The van der Waals surface area contributed by atoms with Gasteiger partial charge in [0.25, 0.3) is 5.91 Å². The van der Waals surface area contributed by atoms with E-state index in [1.807, 2.05) is 13.8 Å². The number of anilines is 1. The number of allylic oxidation sites excluding steroid dienone is 3. The van der Waals surface area contributed by atoms with E-state index in [1.54, 1.807) is 48.5 Å². The van der Waals surface area contributed by atoms with E-state index in [0.717, 1.165) is 0 Å². The van der Waals surface area contributed by atoms with Gasteiger partial charge in [-0.2, -0.15) is 0 Å². The summed E-state index contributed by atoms with van der Waals surface area (Å²) in [5, 5.41) is 5.20. The van der Waals surface area contributed by atoms with Crippen molar-refractivity contribution in [1.82, 2.24) is 5.32 Å². The minimum atomic E-state index is -0.779. The zero-order valence-electron chi connectivity index (χ0n) is 17.9. The average Bonchev–Trinajstić information content (AvgIpc) is 3.01. The number of benzene rings is 2. The van der Waals surface area contributed by atoms with E-state index >= 15 is 0 Å². The zero-order chi connectivity index (χ0) is 24.6. The van der Waals surface area contributed by atoms with Gasteiger partial charge in [0.2, 0.25) is 0 Å². The van der Waals surface area contributed by atoms with Crippen molar-refractivity contribution in [2.75, 3.05) is 5.32 Å². The van der Waals surface area contributed by atoms with Crippen molar-refractivity contribution in [2.24, 2.45) is 0 Å². The van der Waals surface area contributed by atoms with Crippen LogP contribution in [0.1, 0.15) is 24.2 Å². The molecule has 1 atom stereocenters. The first-order valence-corrected chi connectivity index (χ1v) is 11.6. The van der Waals surface area contributed by atoms with Crippen LogP contribution in [0.2, 0.25) is 5.02 Å². The number of nitrogens with one attached hydrogen (secondary N) is 2. The average molecular weight is 540 g/mol. The van der Waals surface area contributed by atoms with E-state index in [0.29, 0.717) is 38.6 Å². The molecule has 34 heavy (non-hydrogen) atoms. The molecular formula is C24H18Cl4N2O4. The van der Waals surface area contributed by atoms with E-state index in [2.05, 4.69) is 10.6 Å². The molecule has 6 nitrogen and oxygen atoms in total. The Morgan fingerprint density at radius 2 is 1.79 bits per heavy atom. The molecule has 1 heterocycles. The first-order valence-electron chi connectivity index (χ1n) is 10.1. The number of imide groups is 1. The molecular weight excluding hydrogens is 522 g/mol. The Labute approximate surface area is 216 Å². The maximum atomic E-state index is 12.3. The number of rotatable bonds is 4. The molecule has 2 aromatic carbocycles. The molecule has 2 aliphatic rings. The normalized spacial score (nSPS) is 18.6. The lowest BCUT2D eigenvalue weighted by atomic mass is 10.0. The van der Waals surface area contributed by atoms with Crippen molar-refractivity contribution in [3.8, 4) is 5.75 Å². The Hall–Kier alpha value is -2.64. The highest BCUT2D eigenvalue weighted by molar-refractivity contribution is 6.40. The number of fused-ring (bicyclic) bond motifs is 1. The van der Waals surface area contributed by atoms with Crippen LogP contribution in [0, 0.1) is 0 Å². The van der Waals surface area contributed by atoms with Gasteiger partial charge in [0.15, 0.2) is 11.5 Å². The number of alkyl halides is 1. The van der Waals surface area contributed by atoms with Crippen LogP contribution in [0.5, 0.6) is 5.75 Å². The van der Waals surface area contributed by atoms with Crippen LogP contribution < -0.4 is 15.4 Å². The first-order chi connectivity index (χ1) is 16.1. The van der Waals surface area contributed by atoms with Crippen molar-refractivity contribution in [1.29, 1.82) is 0 Å². The molecule has 0 saturated heterocycles. The highest BCUT2D eigenvalue weighted by atomic mass is 35.5. The van der Waals surface area contributed by atoms with E-state index in [4.69, 9.17) is 55.9 Å². The monoisotopic (exact) mass is 538 g/mol. The molecule has 0 fully saturated rings. The fourth-order valence-corrected chi connectivity index (χ4v) is 4.40. The molecule has 1 aliphatic heterocycles. The molecule has 0 spiro atoms. The van der Waals surface area contributed by atoms with Crippen LogP contribution in [-0.2, 0) is 4.74 Å². The lowest BCUT2D eigenvalue weighted by molar-refractivity contribution is 0.0912. The second-order valence-electron chi connectivity index (χ2n) is 7.94. The molecule has 0 radical (unpaired) electrons. The molecule has 1 aliphatic carbocycles. The SMILES string of the molecule is CC1(C)OC2=C(Oc3cccc(NC(=O)NC(=O)c4ccccc4Cl)c3)C=C(Cl)C(Cl)C2=C1Cl. The summed E-state index contributed by atoms with van der Waals surface area (Å²) < 4.78 is 12.0. The molecule has 0 aromatic heterocycles. The molecule has 3 amide bonds. The van der Waals surface area contributed by atoms with Crippen LogP contribution in [0.15, 0.2) is 81.8 Å². The van der Waals surface area contributed by atoms with Gasteiger partial charge in [-0.25, -0.2) is 4.79 Å². The Balaban J connectivity index is 1.51. The second-order valence-corrected chi connectivity index (χ2v) is 9.60. The highest BCUT2D eigenvalue weighted by Gasteiger charge is 2.44. The zero-order valence-corrected chi connectivity index (χ0v) is 20.9. The molecule has 10 heteroatoms. The molecule has 2 aromatic rings. The smallest absolute Gasteiger partial charge is 0.326 e. The minimum absolute atomic E-state index is 0.186. The van der Waals surface area contributed by atoms with Crippen molar-refractivity contribution in [2.45, 2.75) is 24.8 Å². The number of ether oxygens (including phenoxy) is 2. The van der Waals surface area contributed by atoms with Gasteiger partial charge in [0.1, 0.15) is 11.4 Å². The van der Waals surface area contributed by atoms with Gasteiger partial charge < -0.3 is 14.8 Å². The summed E-state index contributed by atoms with van der Waals surface area (Å²) >= 11 is 25.2. The topological polar surface area (TPSA) is 76.7 Å². The Morgan fingerprint density at radius 1 is 1.06 bits per heavy atom. The summed E-state index contributed by atoms with van der Waals surface area (Å²) in [4.78, 5) is 24.6. The third-order valence-electron chi connectivity index (χ3n) is 5.02. The van der Waals surface area contributed by atoms with E-state index in [-0.39, 0.29) is 10.6 Å². The van der Waals surface area contributed by atoms with Crippen LogP contribution in [0.3, 0.4) is 0 Å². The number of amides is 3. The largest absolute Gasteiger partial charge is 0.478 e. The lowest BCUT2D eigenvalue weighted by Gasteiger charge is -2.22. The Morgan fingerprint density at radius 3 is 2.53 bits per heavy atom.